The van der Waals surface area contributed by atoms with Gasteiger partial charge < -0.3 is 14.8 Å². The van der Waals surface area contributed by atoms with Crippen molar-refractivity contribution in [3.63, 3.8) is 0 Å². The van der Waals surface area contributed by atoms with E-state index in [1.54, 1.807) is 11.8 Å². The predicted molar refractivity (Wildman–Crippen MR) is 143 cm³/mol. The first kappa shape index (κ1) is 27.9. The first-order valence-electron chi connectivity index (χ1n) is 12.8. The lowest BCUT2D eigenvalue weighted by atomic mass is 10.0. The first-order chi connectivity index (χ1) is 18.7. The summed E-state index contributed by atoms with van der Waals surface area (Å²) in [5.74, 6) is -1.57. The van der Waals surface area contributed by atoms with Crippen LogP contribution in [0.2, 0.25) is 0 Å². The third-order valence-corrected chi connectivity index (χ3v) is 10.5. The van der Waals surface area contributed by atoms with Gasteiger partial charge in [-0.05, 0) is 18.6 Å². The highest BCUT2D eigenvalue weighted by molar-refractivity contribution is 7.86. The number of ether oxygens (including phenoxy) is 2. The average Bonchev–Trinajstić information content (AvgIpc) is 3.62. The fourth-order valence-electron chi connectivity index (χ4n) is 5.53. The third kappa shape index (κ3) is 5.26. The molecule has 1 aromatic heterocycles. The quantitative estimate of drug-likeness (QED) is 0.300. The van der Waals surface area contributed by atoms with Crippen molar-refractivity contribution in [3.8, 4) is 0 Å². The van der Waals surface area contributed by atoms with E-state index in [4.69, 9.17) is 9.47 Å². The van der Waals surface area contributed by atoms with Crippen LogP contribution in [0.4, 0.5) is 5.13 Å². The summed E-state index contributed by atoms with van der Waals surface area (Å²) in [6.07, 6.45) is -1.28. The van der Waals surface area contributed by atoms with E-state index in [1.165, 1.54) is 22.7 Å². The van der Waals surface area contributed by atoms with E-state index in [-0.39, 0.29) is 25.5 Å². The van der Waals surface area contributed by atoms with Crippen LogP contribution in [0.5, 0.6) is 0 Å². The molecule has 0 bridgehead atoms. The van der Waals surface area contributed by atoms with Crippen LogP contribution in [-0.2, 0) is 34.1 Å². The van der Waals surface area contributed by atoms with Crippen LogP contribution < -0.4 is 10.2 Å². The molecule has 13 nitrogen and oxygen atoms in total. The van der Waals surface area contributed by atoms with Crippen molar-refractivity contribution in [1.29, 1.82) is 0 Å². The molecule has 2 amide bonds. The van der Waals surface area contributed by atoms with E-state index in [0.29, 0.717) is 31.3 Å². The Morgan fingerprint density at radius 1 is 1.31 bits per heavy atom. The van der Waals surface area contributed by atoms with Gasteiger partial charge in [0.15, 0.2) is 5.13 Å². The largest absolute Gasteiger partial charge is 0.438 e. The normalized spacial score (nSPS) is 25.3. The number of carbonyl (C=O) groups excluding carboxylic acids is 3. The van der Waals surface area contributed by atoms with Gasteiger partial charge in [0.2, 0.25) is 12.1 Å². The van der Waals surface area contributed by atoms with Crippen molar-refractivity contribution in [2.45, 2.75) is 31.7 Å². The number of nitrogens with one attached hydrogen (secondary N) is 1. The summed E-state index contributed by atoms with van der Waals surface area (Å²) < 4.78 is 40.7. The predicted octanol–water partition coefficient (Wildman–Crippen LogP) is -0.154. The van der Waals surface area contributed by atoms with Crippen molar-refractivity contribution in [1.82, 2.24) is 23.8 Å². The van der Waals surface area contributed by atoms with E-state index in [0.717, 1.165) is 27.6 Å². The minimum atomic E-state index is -4.29. The highest BCUT2D eigenvalue weighted by atomic mass is 32.2. The second-order valence-electron chi connectivity index (χ2n) is 9.77. The van der Waals surface area contributed by atoms with Crippen LogP contribution in [0.15, 0.2) is 24.3 Å². The molecular formula is C24H32N6O7S2. The topological polar surface area (TPSA) is 142 Å². The number of aromatic nitrogens is 1. The zero-order valence-corrected chi connectivity index (χ0v) is 23.4. The van der Waals surface area contributed by atoms with E-state index in [9.17, 15) is 22.8 Å². The van der Waals surface area contributed by atoms with Crippen LogP contribution in [0.3, 0.4) is 0 Å². The molecular weight excluding hydrogens is 548 g/mol. The monoisotopic (exact) mass is 580 g/mol. The molecule has 212 valence electrons. The van der Waals surface area contributed by atoms with Crippen LogP contribution in [0, 0.1) is 5.92 Å². The minimum Gasteiger partial charge on any atom is -0.438 e. The number of nitrogens with zero attached hydrogens (tertiary/aromatic N) is 5. The van der Waals surface area contributed by atoms with Gasteiger partial charge in [0.25, 0.3) is 22.6 Å². The minimum absolute atomic E-state index is 0.0572. The van der Waals surface area contributed by atoms with Gasteiger partial charge in [-0.25, -0.2) is 4.98 Å². The lowest BCUT2D eigenvalue weighted by Crippen LogP contribution is -2.55. The molecule has 4 atom stereocenters. The molecule has 3 aliphatic heterocycles. The Balaban J connectivity index is 1.31. The van der Waals surface area contributed by atoms with Gasteiger partial charge >= 0.3 is 0 Å². The molecule has 2 aromatic rings. The van der Waals surface area contributed by atoms with E-state index in [2.05, 4.69) is 15.2 Å². The highest BCUT2D eigenvalue weighted by Gasteiger charge is 2.57. The molecule has 3 saturated heterocycles. The third-order valence-electron chi connectivity index (χ3n) is 7.56. The number of morpholine rings is 1. The fraction of sp³-hybridized carbons (Fsp3) is 0.583. The number of thiazole rings is 1. The van der Waals surface area contributed by atoms with Crippen LogP contribution in [0.1, 0.15) is 13.3 Å². The summed E-state index contributed by atoms with van der Waals surface area (Å²) in [6, 6.07) is 6.52. The van der Waals surface area contributed by atoms with E-state index >= 15 is 0 Å². The highest BCUT2D eigenvalue weighted by Crippen LogP contribution is 2.43. The van der Waals surface area contributed by atoms with E-state index < -0.39 is 40.3 Å². The zero-order valence-electron chi connectivity index (χ0n) is 21.8. The van der Waals surface area contributed by atoms with Gasteiger partial charge in [-0.1, -0.05) is 30.4 Å². The molecule has 0 aliphatic carbocycles. The molecule has 3 fully saturated rings. The zero-order chi connectivity index (χ0) is 27.7. The van der Waals surface area contributed by atoms with Gasteiger partial charge in [0.1, 0.15) is 0 Å². The molecule has 39 heavy (non-hydrogen) atoms. The summed E-state index contributed by atoms with van der Waals surface area (Å²) in [7, 11) is -3.09. The van der Waals surface area contributed by atoms with Crippen molar-refractivity contribution in [2.24, 2.45) is 5.92 Å². The smallest absolute Gasteiger partial charge is 0.295 e. The van der Waals surface area contributed by atoms with Gasteiger partial charge in [-0.3, -0.25) is 24.2 Å². The summed E-state index contributed by atoms with van der Waals surface area (Å²) >= 11 is 1.39. The summed E-state index contributed by atoms with van der Waals surface area (Å²) in [5.41, 5.74) is 0.775. The van der Waals surface area contributed by atoms with Gasteiger partial charge in [-0.15, -0.1) is 4.31 Å². The maximum atomic E-state index is 13.8. The van der Waals surface area contributed by atoms with Crippen molar-refractivity contribution in [3.05, 3.63) is 24.3 Å². The molecule has 1 unspecified atom stereocenters. The van der Waals surface area contributed by atoms with Crippen LogP contribution >= 0.6 is 11.3 Å². The average molecular weight is 581 g/mol. The van der Waals surface area contributed by atoms with Gasteiger partial charge in [0.05, 0.1) is 41.4 Å². The molecule has 0 spiro atoms. The maximum absolute atomic E-state index is 13.8. The maximum Gasteiger partial charge on any atom is 0.295 e. The number of fused-ring (bicyclic) bond motifs is 2. The Bertz CT molecular complexity index is 1300. The van der Waals surface area contributed by atoms with Crippen molar-refractivity contribution in [2.75, 3.05) is 57.9 Å². The number of rotatable bonds is 10. The molecule has 1 N–H and O–H groups in total. The molecule has 5 rings (SSSR count). The molecule has 0 radical (unpaired) electrons. The SMILES string of the molecule is C[C@@H]1C(=O)N(c2nc3ccccc3s2)[C@H]2CCN(S(=O)(=O)N(C)C(OC=O)C(=O)NCCN3CCOCC3)[C@H]12. The number of hydrogen-bond donors (Lipinski definition) is 1. The number of hydrogen-bond acceptors (Lipinski definition) is 10. The van der Waals surface area contributed by atoms with E-state index in [1.807, 2.05) is 24.3 Å². The molecule has 3 aliphatic rings. The molecule has 1 aromatic carbocycles. The lowest BCUT2D eigenvalue weighted by molar-refractivity contribution is -0.151. The summed E-state index contributed by atoms with van der Waals surface area (Å²) in [5, 5.41) is 3.20. The second kappa shape index (κ2) is 11.4. The first-order valence-corrected chi connectivity index (χ1v) is 15.1. The second-order valence-corrected chi connectivity index (χ2v) is 12.7. The molecule has 0 saturated carbocycles. The molecule has 4 heterocycles. The number of carbonyl (C=O) groups is 3. The number of likely N-dealkylation sites (N-methyl/N-ethyl adjacent to an activating group) is 1. The Morgan fingerprint density at radius 2 is 2.05 bits per heavy atom. The number of amides is 2. The van der Waals surface area contributed by atoms with Crippen molar-refractivity contribution >= 4 is 55.2 Å². The summed E-state index contributed by atoms with van der Waals surface area (Å²) in [6.45, 7) is 5.41. The van der Waals surface area contributed by atoms with Crippen molar-refractivity contribution < 1.29 is 32.3 Å². The number of para-hydroxylation sites is 1. The Labute approximate surface area is 230 Å². The van der Waals surface area contributed by atoms with Crippen LogP contribution in [0.25, 0.3) is 10.2 Å². The lowest BCUT2D eigenvalue weighted by Gasteiger charge is -2.32. The molecule has 15 heteroatoms. The number of benzene rings is 1. The Hall–Kier alpha value is -2.69. The van der Waals surface area contributed by atoms with Crippen LogP contribution in [-0.4, -0.2) is 116 Å². The van der Waals surface area contributed by atoms with Gasteiger partial charge in [0, 0.05) is 39.8 Å². The Morgan fingerprint density at radius 3 is 2.77 bits per heavy atom. The number of anilines is 1. The fourth-order valence-corrected chi connectivity index (χ4v) is 8.25. The Kier molecular flexibility index (Phi) is 8.16. The standard InChI is InChI=1S/C24H32N6O7S2/c1-16-20-18(30(22(16)33)24-26-17-5-3-4-6-19(17)38-24)7-9-29(20)39(34,35)27(2)23(37-15-31)21(32)25-8-10-28-11-13-36-14-12-28/h3-6,15-16,18,20,23H,7-14H2,1-2H3,(H,25,32)/t16-,18-,20+,23?/m0/s1. The summed E-state index contributed by atoms with van der Waals surface area (Å²) in [4.78, 5) is 45.8. The van der Waals surface area contributed by atoms with Gasteiger partial charge in [-0.2, -0.15) is 12.7 Å².